The Morgan fingerprint density at radius 2 is 2.00 bits per heavy atom. The van der Waals surface area contributed by atoms with Crippen molar-refractivity contribution in [2.45, 2.75) is 6.54 Å². The van der Waals surface area contributed by atoms with E-state index in [2.05, 4.69) is 15.6 Å². The summed E-state index contributed by atoms with van der Waals surface area (Å²) in [5.41, 5.74) is 3.80. The van der Waals surface area contributed by atoms with Crippen LogP contribution in [0.5, 0.6) is 11.5 Å². The van der Waals surface area contributed by atoms with Crippen molar-refractivity contribution < 1.29 is 19.6 Å². The second-order valence-electron chi connectivity index (χ2n) is 7.14. The van der Waals surface area contributed by atoms with E-state index in [1.165, 1.54) is 36.5 Å². The maximum atomic E-state index is 12.5. The summed E-state index contributed by atoms with van der Waals surface area (Å²) >= 11 is 0. The van der Waals surface area contributed by atoms with Crippen LogP contribution >= 0.6 is 0 Å². The summed E-state index contributed by atoms with van der Waals surface area (Å²) in [6.45, 7) is 0.246. The number of hydrogen-bond acceptors (Lipinski definition) is 7. The van der Waals surface area contributed by atoms with Crippen molar-refractivity contribution in [3.8, 4) is 11.5 Å². The molecule has 1 aromatic heterocycles. The minimum absolute atomic E-state index is 0.105. The van der Waals surface area contributed by atoms with Crippen molar-refractivity contribution in [2.24, 2.45) is 5.10 Å². The number of hydrogen-bond donors (Lipinski definition) is 2. The normalized spacial score (nSPS) is 11.1. The summed E-state index contributed by atoms with van der Waals surface area (Å²) in [4.78, 5) is 22.8. The zero-order valence-corrected chi connectivity index (χ0v) is 17.5. The lowest BCUT2D eigenvalue weighted by molar-refractivity contribution is -0.385. The van der Waals surface area contributed by atoms with Crippen LogP contribution in [0.3, 0.4) is 0 Å². The summed E-state index contributed by atoms with van der Waals surface area (Å²) < 4.78 is 6.79. The van der Waals surface area contributed by atoms with E-state index in [-0.39, 0.29) is 23.5 Å². The molecular formula is C23H19N5O5. The number of ether oxygens (including phenoxy) is 1. The highest BCUT2D eigenvalue weighted by Crippen LogP contribution is 2.25. The number of fused-ring (bicyclic) bond motifs is 1. The molecule has 0 radical (unpaired) electrons. The minimum atomic E-state index is -0.549. The van der Waals surface area contributed by atoms with E-state index in [9.17, 15) is 20.0 Å². The Balaban J connectivity index is 1.50. The highest BCUT2D eigenvalue weighted by molar-refractivity contribution is 6.01. The Morgan fingerprint density at radius 1 is 1.24 bits per heavy atom. The molecule has 0 bridgehead atoms. The molecule has 1 amide bonds. The minimum Gasteiger partial charge on any atom is -0.507 e. The maximum absolute atomic E-state index is 12.5. The number of phenolic OH excluding ortho intramolecular Hbond substituents is 1. The van der Waals surface area contributed by atoms with Crippen LogP contribution in [-0.4, -0.2) is 39.0 Å². The van der Waals surface area contributed by atoms with Crippen LogP contribution in [0.2, 0.25) is 0 Å². The Bertz CT molecular complexity index is 1380. The van der Waals surface area contributed by atoms with Gasteiger partial charge in [0.1, 0.15) is 23.9 Å². The first-order valence-electron chi connectivity index (χ1n) is 9.83. The summed E-state index contributed by atoms with van der Waals surface area (Å²) in [5.74, 6) is -0.107. The lowest BCUT2D eigenvalue weighted by atomic mass is 10.1. The third-order valence-corrected chi connectivity index (χ3v) is 4.96. The second-order valence-corrected chi connectivity index (χ2v) is 7.14. The molecule has 0 aliphatic rings. The molecule has 3 aromatic carbocycles. The monoisotopic (exact) mass is 445 g/mol. The van der Waals surface area contributed by atoms with E-state index in [1.807, 2.05) is 24.3 Å². The molecular weight excluding hydrogens is 426 g/mol. The first kappa shape index (κ1) is 21.5. The van der Waals surface area contributed by atoms with Gasteiger partial charge in [0.15, 0.2) is 0 Å². The van der Waals surface area contributed by atoms with E-state index in [4.69, 9.17) is 4.74 Å². The predicted octanol–water partition coefficient (Wildman–Crippen LogP) is 3.47. The van der Waals surface area contributed by atoms with E-state index in [0.29, 0.717) is 11.3 Å². The van der Waals surface area contributed by atoms with Gasteiger partial charge in [-0.2, -0.15) is 10.2 Å². The van der Waals surface area contributed by atoms with Crippen molar-refractivity contribution in [3.05, 3.63) is 93.8 Å². The molecule has 33 heavy (non-hydrogen) atoms. The molecule has 0 saturated carbocycles. The number of nitrogens with one attached hydrogen (secondary N) is 1. The first-order chi connectivity index (χ1) is 15.9. The number of amides is 1. The van der Waals surface area contributed by atoms with Gasteiger partial charge in [0, 0.05) is 5.56 Å². The van der Waals surface area contributed by atoms with Gasteiger partial charge in [0.05, 0.1) is 30.4 Å². The van der Waals surface area contributed by atoms with Gasteiger partial charge in [0.25, 0.3) is 5.91 Å². The summed E-state index contributed by atoms with van der Waals surface area (Å²) in [5, 5.41) is 30.7. The smallest absolute Gasteiger partial charge is 0.307 e. The Kier molecular flexibility index (Phi) is 5.98. The fraction of sp³-hybridized carbons (Fsp3) is 0.0870. The number of phenols is 1. The standard InChI is InChI=1S/C23H19N5O5/c1-33-22-7-6-15(8-18(22)13-27-14-19(12-25-27)28(31)32)11-24-26-23(30)20-9-16-4-2-3-5-17(16)10-21(20)29/h2-12,14,29H,13H2,1H3,(H,26,30)/b24-11-. The largest absolute Gasteiger partial charge is 0.507 e. The van der Waals surface area contributed by atoms with E-state index >= 15 is 0 Å². The SMILES string of the molecule is COc1ccc(/C=N\NC(=O)c2cc3ccccc3cc2O)cc1Cn1cc([N+](=O)[O-])cn1. The van der Waals surface area contributed by atoms with E-state index in [1.54, 1.807) is 24.3 Å². The molecule has 4 aromatic rings. The number of aromatic hydroxyl groups is 1. The Labute approximate surface area is 187 Å². The number of aromatic nitrogens is 2. The van der Waals surface area contributed by atoms with Crippen LogP contribution in [0.15, 0.2) is 72.1 Å². The number of hydrazone groups is 1. The van der Waals surface area contributed by atoms with Crippen molar-refractivity contribution in [2.75, 3.05) is 7.11 Å². The van der Waals surface area contributed by atoms with Crippen LogP contribution in [0, 0.1) is 10.1 Å². The molecule has 4 rings (SSSR count). The molecule has 0 aliphatic heterocycles. The molecule has 0 atom stereocenters. The van der Waals surface area contributed by atoms with E-state index in [0.717, 1.165) is 16.3 Å². The molecule has 166 valence electrons. The summed E-state index contributed by atoms with van der Waals surface area (Å²) in [6, 6.07) is 15.8. The van der Waals surface area contributed by atoms with Gasteiger partial charge in [-0.25, -0.2) is 5.43 Å². The Morgan fingerprint density at radius 3 is 2.70 bits per heavy atom. The quantitative estimate of drug-likeness (QED) is 0.254. The number of nitro groups is 1. The molecule has 0 aliphatic carbocycles. The number of carbonyl (C=O) groups excluding carboxylic acids is 1. The highest BCUT2D eigenvalue weighted by atomic mass is 16.6. The summed E-state index contributed by atoms with van der Waals surface area (Å²) in [7, 11) is 1.52. The number of nitrogens with zero attached hydrogens (tertiary/aromatic N) is 4. The van der Waals surface area contributed by atoms with Crippen molar-refractivity contribution in [1.29, 1.82) is 0 Å². The van der Waals surface area contributed by atoms with Crippen LogP contribution in [0.4, 0.5) is 5.69 Å². The maximum Gasteiger partial charge on any atom is 0.307 e. The molecule has 1 heterocycles. The van der Waals surface area contributed by atoms with Crippen LogP contribution in [0.25, 0.3) is 10.8 Å². The molecule has 0 fully saturated rings. The van der Waals surface area contributed by atoms with Crippen molar-refractivity contribution >= 4 is 28.6 Å². The third-order valence-electron chi connectivity index (χ3n) is 4.96. The van der Waals surface area contributed by atoms with Crippen LogP contribution in [-0.2, 0) is 6.54 Å². The van der Waals surface area contributed by atoms with Crippen molar-refractivity contribution in [3.63, 3.8) is 0 Å². The van der Waals surface area contributed by atoms with Gasteiger partial charge in [-0.15, -0.1) is 0 Å². The fourth-order valence-corrected chi connectivity index (χ4v) is 3.35. The molecule has 0 unspecified atom stereocenters. The molecule has 0 spiro atoms. The topological polar surface area (TPSA) is 132 Å². The zero-order valence-electron chi connectivity index (χ0n) is 17.5. The number of rotatable bonds is 7. The van der Waals surface area contributed by atoms with Crippen LogP contribution < -0.4 is 10.2 Å². The highest BCUT2D eigenvalue weighted by Gasteiger charge is 2.13. The van der Waals surface area contributed by atoms with Crippen molar-refractivity contribution in [1.82, 2.24) is 15.2 Å². The van der Waals surface area contributed by atoms with E-state index < -0.39 is 10.8 Å². The first-order valence-corrected chi connectivity index (χ1v) is 9.83. The van der Waals surface area contributed by atoms with Gasteiger partial charge in [-0.05, 0) is 46.7 Å². The average Bonchev–Trinajstić information content (AvgIpc) is 3.27. The molecule has 2 N–H and O–H groups in total. The number of benzene rings is 3. The Hall–Kier alpha value is -4.73. The van der Waals surface area contributed by atoms with Gasteiger partial charge >= 0.3 is 5.69 Å². The van der Waals surface area contributed by atoms with Crippen LogP contribution in [0.1, 0.15) is 21.5 Å². The molecule has 10 nitrogen and oxygen atoms in total. The predicted molar refractivity (Wildman–Crippen MR) is 122 cm³/mol. The zero-order chi connectivity index (χ0) is 23.4. The lowest BCUT2D eigenvalue weighted by Gasteiger charge is -2.09. The average molecular weight is 445 g/mol. The molecule has 0 saturated heterocycles. The summed E-state index contributed by atoms with van der Waals surface area (Å²) in [6.07, 6.45) is 3.95. The molecule has 10 heteroatoms. The van der Waals surface area contributed by atoms with Gasteiger partial charge in [-0.3, -0.25) is 19.6 Å². The second kappa shape index (κ2) is 9.18. The fourth-order valence-electron chi connectivity index (χ4n) is 3.35. The third kappa shape index (κ3) is 4.79. The number of methoxy groups -OCH3 is 1. The van der Waals surface area contributed by atoms with Gasteiger partial charge < -0.3 is 9.84 Å². The number of carbonyl (C=O) groups is 1. The van der Waals surface area contributed by atoms with Gasteiger partial charge in [-0.1, -0.05) is 24.3 Å². The van der Waals surface area contributed by atoms with Gasteiger partial charge in [0.2, 0.25) is 0 Å². The lowest BCUT2D eigenvalue weighted by Crippen LogP contribution is -2.17.